The molecule has 0 radical (unpaired) electrons. The van der Waals surface area contributed by atoms with Crippen LogP contribution in [0.2, 0.25) is 0 Å². The van der Waals surface area contributed by atoms with Crippen LogP contribution in [-0.4, -0.2) is 25.1 Å². The van der Waals surface area contributed by atoms with Crippen LogP contribution < -0.4 is 10.1 Å². The van der Waals surface area contributed by atoms with Gasteiger partial charge in [-0.1, -0.05) is 30.3 Å². The Morgan fingerprint density at radius 3 is 2.39 bits per heavy atom. The molecule has 3 aromatic rings. The first kappa shape index (κ1) is 21.6. The lowest BCUT2D eigenvalue weighted by molar-refractivity contribution is -0.112. The minimum atomic E-state index is -0.559. The van der Waals surface area contributed by atoms with Crippen LogP contribution in [0, 0.1) is 11.3 Å². The molecule has 0 bridgehead atoms. The lowest BCUT2D eigenvalue weighted by atomic mass is 10.0. The summed E-state index contributed by atoms with van der Waals surface area (Å²) in [6.45, 7) is 3.83. The number of carbonyl (C=O) groups excluding carboxylic acids is 2. The van der Waals surface area contributed by atoms with Crippen LogP contribution in [0.25, 0.3) is 16.8 Å². The van der Waals surface area contributed by atoms with E-state index in [1.54, 1.807) is 12.1 Å². The minimum Gasteiger partial charge on any atom is -0.490 e. The van der Waals surface area contributed by atoms with Gasteiger partial charge in [-0.3, -0.25) is 4.79 Å². The van der Waals surface area contributed by atoms with E-state index < -0.39 is 11.9 Å². The van der Waals surface area contributed by atoms with Gasteiger partial charge in [-0.25, -0.2) is 4.79 Å². The molecule has 0 atom stereocenters. The molecule has 0 aliphatic rings. The van der Waals surface area contributed by atoms with E-state index in [0.717, 1.165) is 10.8 Å². The first-order chi connectivity index (χ1) is 14.9. The lowest BCUT2D eigenvalue weighted by Gasteiger charge is -2.15. The lowest BCUT2D eigenvalue weighted by Crippen LogP contribution is -2.14. The molecular weight excluding hydrogens is 392 g/mol. The molecule has 0 fully saturated rings. The molecule has 0 aromatic heterocycles. The zero-order chi connectivity index (χ0) is 22.4. The zero-order valence-electron chi connectivity index (χ0n) is 17.5. The summed E-state index contributed by atoms with van der Waals surface area (Å²) in [5, 5.41) is 14.2. The highest BCUT2D eigenvalue weighted by Gasteiger charge is 2.15. The summed E-state index contributed by atoms with van der Waals surface area (Å²) in [5.74, 6) is -0.433. The van der Waals surface area contributed by atoms with Crippen LogP contribution in [-0.2, 0) is 9.53 Å². The van der Waals surface area contributed by atoms with Gasteiger partial charge in [0.25, 0.3) is 5.91 Å². The summed E-state index contributed by atoms with van der Waals surface area (Å²) in [7, 11) is 1.30. The maximum atomic E-state index is 12.8. The van der Waals surface area contributed by atoms with E-state index in [-0.39, 0.29) is 11.7 Å². The molecule has 1 amide bonds. The molecule has 0 saturated carbocycles. The van der Waals surface area contributed by atoms with Gasteiger partial charge in [0.1, 0.15) is 17.4 Å². The van der Waals surface area contributed by atoms with Gasteiger partial charge in [0, 0.05) is 11.3 Å². The first-order valence-corrected chi connectivity index (χ1v) is 9.73. The van der Waals surface area contributed by atoms with E-state index in [9.17, 15) is 14.9 Å². The van der Waals surface area contributed by atoms with Crippen LogP contribution in [0.4, 0.5) is 5.69 Å². The second kappa shape index (κ2) is 9.59. The second-order valence-corrected chi connectivity index (χ2v) is 7.06. The van der Waals surface area contributed by atoms with Crippen molar-refractivity contribution in [3.8, 4) is 11.8 Å². The average Bonchev–Trinajstić information content (AvgIpc) is 2.77. The Labute approximate surface area is 180 Å². The second-order valence-electron chi connectivity index (χ2n) is 7.06. The molecule has 6 heteroatoms. The number of esters is 1. The van der Waals surface area contributed by atoms with E-state index in [1.807, 2.05) is 56.3 Å². The van der Waals surface area contributed by atoms with Gasteiger partial charge in [-0.05, 0) is 61.0 Å². The molecule has 156 valence electrons. The van der Waals surface area contributed by atoms with E-state index in [0.29, 0.717) is 22.6 Å². The van der Waals surface area contributed by atoms with Crippen LogP contribution in [0.1, 0.15) is 29.8 Å². The fraction of sp³-hybridized carbons (Fsp3) is 0.160. The number of carbonyl (C=O) groups is 2. The quantitative estimate of drug-likeness (QED) is 0.350. The number of hydrogen-bond acceptors (Lipinski definition) is 5. The number of nitriles is 1. The largest absolute Gasteiger partial charge is 0.490 e. The fourth-order valence-corrected chi connectivity index (χ4v) is 3.08. The highest BCUT2D eigenvalue weighted by molar-refractivity contribution is 6.11. The standard InChI is InChI=1S/C25H22N2O4/c1-16(2)31-23-13-10-17-6-4-5-7-21(17)22(23)14-19(15-26)24(28)27-20-11-8-18(9-12-20)25(29)30-3/h4-14,16H,1-3H3,(H,27,28). The predicted octanol–water partition coefficient (Wildman–Crippen LogP) is 4.96. The number of methoxy groups -OCH3 is 1. The summed E-state index contributed by atoms with van der Waals surface area (Å²) in [5.41, 5.74) is 1.42. The average molecular weight is 414 g/mol. The number of amides is 1. The van der Waals surface area contributed by atoms with Crippen LogP contribution in [0.5, 0.6) is 5.75 Å². The van der Waals surface area contributed by atoms with E-state index >= 15 is 0 Å². The van der Waals surface area contributed by atoms with E-state index in [4.69, 9.17) is 4.74 Å². The number of nitrogens with zero attached hydrogens (tertiary/aromatic N) is 1. The van der Waals surface area contributed by atoms with Crippen molar-refractivity contribution in [2.75, 3.05) is 12.4 Å². The predicted molar refractivity (Wildman–Crippen MR) is 120 cm³/mol. The Hall–Kier alpha value is -4.11. The number of nitrogens with one attached hydrogen (secondary N) is 1. The molecule has 31 heavy (non-hydrogen) atoms. The SMILES string of the molecule is COC(=O)c1ccc(NC(=O)C(C#N)=Cc2c(OC(C)C)ccc3ccccc23)cc1. The van der Waals surface area contributed by atoms with Crippen molar-refractivity contribution in [3.63, 3.8) is 0 Å². The first-order valence-electron chi connectivity index (χ1n) is 9.73. The van der Waals surface area contributed by atoms with Crippen molar-refractivity contribution < 1.29 is 19.1 Å². The Kier molecular flexibility index (Phi) is 6.68. The summed E-state index contributed by atoms with van der Waals surface area (Å²) in [6, 6.07) is 19.7. The molecule has 0 aliphatic heterocycles. The van der Waals surface area contributed by atoms with Crippen LogP contribution in [0.3, 0.4) is 0 Å². The summed E-state index contributed by atoms with van der Waals surface area (Å²) >= 11 is 0. The molecule has 0 spiro atoms. The Balaban J connectivity index is 1.95. The smallest absolute Gasteiger partial charge is 0.337 e. The molecule has 6 nitrogen and oxygen atoms in total. The van der Waals surface area contributed by atoms with Gasteiger partial charge >= 0.3 is 5.97 Å². The molecule has 3 aromatic carbocycles. The van der Waals surface area contributed by atoms with E-state index in [2.05, 4.69) is 10.1 Å². The van der Waals surface area contributed by atoms with Crippen molar-refractivity contribution in [2.45, 2.75) is 20.0 Å². The summed E-state index contributed by atoms with van der Waals surface area (Å²) in [4.78, 5) is 24.3. The van der Waals surface area contributed by atoms with Crippen molar-refractivity contribution in [3.05, 3.63) is 77.4 Å². The molecule has 0 unspecified atom stereocenters. The highest BCUT2D eigenvalue weighted by Crippen LogP contribution is 2.31. The van der Waals surface area contributed by atoms with Crippen LogP contribution >= 0.6 is 0 Å². The normalized spacial score (nSPS) is 11.1. The van der Waals surface area contributed by atoms with E-state index in [1.165, 1.54) is 25.3 Å². The number of anilines is 1. The maximum absolute atomic E-state index is 12.8. The fourth-order valence-electron chi connectivity index (χ4n) is 3.08. The molecule has 0 aliphatic carbocycles. The van der Waals surface area contributed by atoms with Gasteiger partial charge in [-0.2, -0.15) is 5.26 Å². The van der Waals surface area contributed by atoms with Crippen molar-refractivity contribution in [2.24, 2.45) is 0 Å². The molecule has 0 saturated heterocycles. The number of rotatable bonds is 6. The van der Waals surface area contributed by atoms with Gasteiger partial charge in [0.05, 0.1) is 18.8 Å². The molecule has 1 N–H and O–H groups in total. The molecule has 0 heterocycles. The number of hydrogen-bond donors (Lipinski definition) is 1. The van der Waals surface area contributed by atoms with Crippen molar-refractivity contribution in [1.82, 2.24) is 0 Å². The monoisotopic (exact) mass is 414 g/mol. The Morgan fingerprint density at radius 2 is 1.74 bits per heavy atom. The topological polar surface area (TPSA) is 88.4 Å². The van der Waals surface area contributed by atoms with Gasteiger partial charge in [0.2, 0.25) is 0 Å². The van der Waals surface area contributed by atoms with Gasteiger partial charge < -0.3 is 14.8 Å². The van der Waals surface area contributed by atoms with Gasteiger partial charge in [-0.15, -0.1) is 0 Å². The highest BCUT2D eigenvalue weighted by atomic mass is 16.5. The third kappa shape index (κ3) is 5.09. The third-order valence-corrected chi connectivity index (χ3v) is 4.51. The minimum absolute atomic E-state index is 0.0676. The van der Waals surface area contributed by atoms with Crippen LogP contribution in [0.15, 0.2) is 66.2 Å². The zero-order valence-corrected chi connectivity index (χ0v) is 17.5. The van der Waals surface area contributed by atoms with Crippen molar-refractivity contribution >= 4 is 34.4 Å². The third-order valence-electron chi connectivity index (χ3n) is 4.51. The molecular formula is C25H22N2O4. The number of ether oxygens (including phenoxy) is 2. The summed E-state index contributed by atoms with van der Waals surface area (Å²) in [6.07, 6.45) is 1.47. The summed E-state index contributed by atoms with van der Waals surface area (Å²) < 4.78 is 10.6. The Bertz CT molecular complexity index is 1190. The number of fused-ring (bicyclic) bond motifs is 1. The van der Waals surface area contributed by atoms with Gasteiger partial charge in [0.15, 0.2) is 0 Å². The maximum Gasteiger partial charge on any atom is 0.337 e. The Morgan fingerprint density at radius 1 is 1.03 bits per heavy atom. The van der Waals surface area contributed by atoms with Crippen molar-refractivity contribution in [1.29, 1.82) is 5.26 Å². The molecule has 3 rings (SSSR count). The number of benzene rings is 3.